The lowest BCUT2D eigenvalue weighted by Crippen LogP contribution is -2.38. The summed E-state index contributed by atoms with van der Waals surface area (Å²) in [5, 5.41) is 2.74. The van der Waals surface area contributed by atoms with Gasteiger partial charge >= 0.3 is 0 Å². The summed E-state index contributed by atoms with van der Waals surface area (Å²) in [6.45, 7) is 2.13. The topological polar surface area (TPSA) is 84.5 Å². The van der Waals surface area contributed by atoms with Crippen LogP contribution < -0.4 is 14.8 Å². The van der Waals surface area contributed by atoms with E-state index in [1.165, 1.54) is 19.2 Å². The molecule has 7 heteroatoms. The van der Waals surface area contributed by atoms with E-state index in [-0.39, 0.29) is 23.3 Å². The van der Waals surface area contributed by atoms with E-state index >= 15 is 0 Å². The van der Waals surface area contributed by atoms with Gasteiger partial charge in [-0.25, -0.2) is 13.1 Å². The maximum absolute atomic E-state index is 12.2. The fraction of sp³-hybridized carbons (Fsp3) is 0.278. The maximum Gasteiger partial charge on any atom is 0.241 e. The van der Waals surface area contributed by atoms with Crippen LogP contribution in [0, 0.1) is 0 Å². The number of nitrogens with one attached hydrogen (secondary N) is 2. The number of rotatable bonds is 8. The van der Waals surface area contributed by atoms with Gasteiger partial charge in [-0.1, -0.05) is 37.3 Å². The number of carbonyl (C=O) groups is 1. The fourth-order valence-electron chi connectivity index (χ4n) is 2.23. The molecular formula is C18H22N2O4S. The van der Waals surface area contributed by atoms with Gasteiger partial charge in [0.2, 0.25) is 15.9 Å². The van der Waals surface area contributed by atoms with Crippen molar-refractivity contribution >= 4 is 15.9 Å². The van der Waals surface area contributed by atoms with Gasteiger partial charge in [-0.3, -0.25) is 4.79 Å². The Morgan fingerprint density at radius 1 is 1.08 bits per heavy atom. The molecule has 0 fully saturated rings. The van der Waals surface area contributed by atoms with Crippen LogP contribution in [0.2, 0.25) is 0 Å². The van der Waals surface area contributed by atoms with Gasteiger partial charge in [-0.2, -0.15) is 0 Å². The normalized spacial score (nSPS) is 12.4. The predicted octanol–water partition coefficient (Wildman–Crippen LogP) is 1.89. The molecule has 0 aromatic heterocycles. The smallest absolute Gasteiger partial charge is 0.241 e. The molecule has 2 N–H and O–H groups in total. The van der Waals surface area contributed by atoms with Crippen molar-refractivity contribution in [2.45, 2.75) is 17.7 Å². The lowest BCUT2D eigenvalue weighted by molar-refractivity contribution is -0.120. The van der Waals surface area contributed by atoms with E-state index < -0.39 is 10.0 Å². The standard InChI is InChI=1S/C18H22N2O4S/c1-14(15-6-4-3-5-7-15)12-19-18(21)13-20-25(22,23)17-10-8-16(24-2)9-11-17/h3-11,14,20H,12-13H2,1-2H3,(H,19,21). The Bertz CT molecular complexity index is 790. The number of ether oxygens (including phenoxy) is 1. The van der Waals surface area contributed by atoms with E-state index in [1.54, 1.807) is 12.1 Å². The third kappa shape index (κ3) is 5.58. The van der Waals surface area contributed by atoms with Crippen LogP contribution in [-0.4, -0.2) is 34.5 Å². The Morgan fingerprint density at radius 3 is 2.32 bits per heavy atom. The second-order valence-electron chi connectivity index (χ2n) is 5.62. The summed E-state index contributed by atoms with van der Waals surface area (Å²) in [6.07, 6.45) is 0. The molecular weight excluding hydrogens is 340 g/mol. The zero-order chi connectivity index (χ0) is 18.3. The second-order valence-corrected chi connectivity index (χ2v) is 7.38. The van der Waals surface area contributed by atoms with Crippen molar-refractivity contribution in [2.24, 2.45) is 0 Å². The van der Waals surface area contributed by atoms with Crippen molar-refractivity contribution in [3.8, 4) is 5.75 Å². The van der Waals surface area contributed by atoms with Crippen LogP contribution in [0.25, 0.3) is 0 Å². The van der Waals surface area contributed by atoms with Crippen LogP contribution in [0.5, 0.6) is 5.75 Å². The maximum atomic E-state index is 12.2. The van der Waals surface area contributed by atoms with E-state index in [0.717, 1.165) is 5.56 Å². The zero-order valence-electron chi connectivity index (χ0n) is 14.2. The highest BCUT2D eigenvalue weighted by atomic mass is 32.2. The molecule has 0 aliphatic carbocycles. The average Bonchev–Trinajstić information content (AvgIpc) is 2.65. The number of benzene rings is 2. The summed E-state index contributed by atoms with van der Waals surface area (Å²) >= 11 is 0. The van der Waals surface area contributed by atoms with Crippen molar-refractivity contribution in [2.75, 3.05) is 20.2 Å². The largest absolute Gasteiger partial charge is 0.497 e. The van der Waals surface area contributed by atoms with Crippen molar-refractivity contribution in [1.82, 2.24) is 10.0 Å². The van der Waals surface area contributed by atoms with Gasteiger partial charge in [0.15, 0.2) is 0 Å². The van der Waals surface area contributed by atoms with Gasteiger partial charge in [0, 0.05) is 6.54 Å². The molecule has 0 saturated carbocycles. The van der Waals surface area contributed by atoms with Gasteiger partial charge in [-0.15, -0.1) is 0 Å². The van der Waals surface area contributed by atoms with Crippen LogP contribution in [0.3, 0.4) is 0 Å². The minimum atomic E-state index is -3.74. The highest BCUT2D eigenvalue weighted by Gasteiger charge is 2.16. The van der Waals surface area contributed by atoms with Gasteiger partial charge in [0.05, 0.1) is 18.6 Å². The Balaban J connectivity index is 1.84. The highest BCUT2D eigenvalue weighted by Crippen LogP contribution is 2.15. The van der Waals surface area contributed by atoms with E-state index in [2.05, 4.69) is 10.0 Å². The first kappa shape index (κ1) is 19.0. The van der Waals surface area contributed by atoms with Crippen molar-refractivity contribution in [1.29, 1.82) is 0 Å². The molecule has 0 bridgehead atoms. The third-order valence-corrected chi connectivity index (χ3v) is 5.18. The van der Waals surface area contributed by atoms with Crippen molar-refractivity contribution < 1.29 is 17.9 Å². The second kappa shape index (κ2) is 8.64. The molecule has 0 radical (unpaired) electrons. The number of amides is 1. The summed E-state index contributed by atoms with van der Waals surface area (Å²) in [5.74, 6) is 0.329. The number of carbonyl (C=O) groups excluding carboxylic acids is 1. The predicted molar refractivity (Wildman–Crippen MR) is 96.0 cm³/mol. The van der Waals surface area contributed by atoms with Crippen LogP contribution in [0.15, 0.2) is 59.5 Å². The van der Waals surface area contributed by atoms with Crippen LogP contribution >= 0.6 is 0 Å². The number of hydrogen-bond acceptors (Lipinski definition) is 4. The quantitative estimate of drug-likeness (QED) is 0.751. The van der Waals surface area contributed by atoms with E-state index in [0.29, 0.717) is 12.3 Å². The first-order chi connectivity index (χ1) is 11.9. The first-order valence-electron chi connectivity index (χ1n) is 7.88. The summed E-state index contributed by atoms with van der Waals surface area (Å²) in [4.78, 5) is 12.0. The lowest BCUT2D eigenvalue weighted by atomic mass is 10.0. The number of hydrogen-bond donors (Lipinski definition) is 2. The Morgan fingerprint density at radius 2 is 1.72 bits per heavy atom. The number of sulfonamides is 1. The molecule has 25 heavy (non-hydrogen) atoms. The van der Waals surface area contributed by atoms with Crippen LogP contribution in [0.4, 0.5) is 0 Å². The van der Waals surface area contributed by atoms with Crippen molar-refractivity contribution in [3.63, 3.8) is 0 Å². The molecule has 2 aromatic carbocycles. The van der Waals surface area contributed by atoms with E-state index in [1.807, 2.05) is 37.3 Å². The molecule has 1 amide bonds. The molecule has 2 rings (SSSR count). The lowest BCUT2D eigenvalue weighted by Gasteiger charge is -2.13. The van der Waals surface area contributed by atoms with Crippen LogP contribution in [0.1, 0.15) is 18.4 Å². The molecule has 0 aliphatic heterocycles. The Labute approximate surface area is 148 Å². The monoisotopic (exact) mass is 362 g/mol. The minimum absolute atomic E-state index is 0.0822. The van der Waals surface area contributed by atoms with Crippen molar-refractivity contribution in [3.05, 3.63) is 60.2 Å². The molecule has 0 heterocycles. The SMILES string of the molecule is COc1ccc(S(=O)(=O)NCC(=O)NCC(C)c2ccccc2)cc1. The zero-order valence-corrected chi connectivity index (χ0v) is 15.0. The first-order valence-corrected chi connectivity index (χ1v) is 9.36. The average molecular weight is 362 g/mol. The van der Waals surface area contributed by atoms with Crippen LogP contribution in [-0.2, 0) is 14.8 Å². The molecule has 6 nitrogen and oxygen atoms in total. The highest BCUT2D eigenvalue weighted by molar-refractivity contribution is 7.89. The molecule has 0 saturated heterocycles. The summed E-state index contributed by atoms with van der Waals surface area (Å²) < 4.78 is 31.6. The Kier molecular flexibility index (Phi) is 6.55. The molecule has 2 aromatic rings. The summed E-state index contributed by atoms with van der Waals surface area (Å²) in [6, 6.07) is 15.8. The molecule has 0 spiro atoms. The molecule has 0 aliphatic rings. The summed E-state index contributed by atoms with van der Waals surface area (Å²) in [7, 11) is -2.23. The van der Waals surface area contributed by atoms with E-state index in [9.17, 15) is 13.2 Å². The number of methoxy groups -OCH3 is 1. The molecule has 1 atom stereocenters. The third-order valence-electron chi connectivity index (χ3n) is 3.77. The molecule has 1 unspecified atom stereocenters. The fourth-order valence-corrected chi connectivity index (χ4v) is 3.21. The van der Waals surface area contributed by atoms with Gasteiger partial charge in [0.25, 0.3) is 0 Å². The van der Waals surface area contributed by atoms with Gasteiger partial charge < -0.3 is 10.1 Å². The van der Waals surface area contributed by atoms with Gasteiger partial charge in [0.1, 0.15) is 5.75 Å². The van der Waals surface area contributed by atoms with E-state index in [4.69, 9.17) is 4.74 Å². The van der Waals surface area contributed by atoms with Gasteiger partial charge in [-0.05, 0) is 35.7 Å². The minimum Gasteiger partial charge on any atom is -0.497 e. The summed E-state index contributed by atoms with van der Waals surface area (Å²) in [5.41, 5.74) is 1.11. The Hall–Kier alpha value is -2.38. The molecule has 134 valence electrons.